The molecule has 0 spiro atoms. The van der Waals surface area contributed by atoms with Gasteiger partial charge in [-0.25, -0.2) is 4.79 Å². The second kappa shape index (κ2) is 13.4. The van der Waals surface area contributed by atoms with Crippen molar-refractivity contribution < 1.29 is 28.6 Å². The molecule has 220 valence electrons. The summed E-state index contributed by atoms with van der Waals surface area (Å²) in [5.41, 5.74) is 2.56. The Balaban J connectivity index is 1.17. The highest BCUT2D eigenvalue weighted by molar-refractivity contribution is 6.02. The van der Waals surface area contributed by atoms with E-state index in [0.717, 1.165) is 6.42 Å². The molecule has 10 heteroatoms. The van der Waals surface area contributed by atoms with Crippen molar-refractivity contribution in [2.45, 2.75) is 43.9 Å². The highest BCUT2D eigenvalue weighted by atomic mass is 16.5. The number of amides is 4. The maximum atomic E-state index is 13.5. The standard InChI is InChI=1S/C32H36N4O6/c1-36-27-13-12-25(19-30(37)33-16-15-21-7-4-3-5-8-21)42-29(27)20-41-28-14-11-23(18-26(28)31(36)38)35-32(39)34-22-9-6-10-24(17-22)40-2/h3-11,14,17-18,25,27,29H,12-13,15-16,19-20H2,1-2H3,(H,33,37)(H2,34,35,39)/t25-,27+,29-/m0/s1. The molecule has 5 rings (SSSR count). The number of hydrogen-bond donors (Lipinski definition) is 3. The Labute approximate surface area is 245 Å². The number of rotatable bonds is 8. The van der Waals surface area contributed by atoms with Crippen LogP contribution in [0.3, 0.4) is 0 Å². The van der Waals surface area contributed by atoms with E-state index in [-0.39, 0.29) is 43.1 Å². The molecule has 10 nitrogen and oxygen atoms in total. The third kappa shape index (κ3) is 7.19. The first-order valence-corrected chi connectivity index (χ1v) is 14.1. The van der Waals surface area contributed by atoms with Gasteiger partial charge in [0.05, 0.1) is 31.2 Å². The fourth-order valence-corrected chi connectivity index (χ4v) is 5.37. The van der Waals surface area contributed by atoms with Crippen molar-refractivity contribution in [1.29, 1.82) is 0 Å². The van der Waals surface area contributed by atoms with Gasteiger partial charge in [0, 0.05) is 31.0 Å². The Morgan fingerprint density at radius 2 is 1.76 bits per heavy atom. The van der Waals surface area contributed by atoms with Crippen molar-refractivity contribution in [2.24, 2.45) is 0 Å². The predicted molar refractivity (Wildman–Crippen MR) is 159 cm³/mol. The number of carbonyl (C=O) groups is 3. The summed E-state index contributed by atoms with van der Waals surface area (Å²) < 4.78 is 17.5. The molecular formula is C32H36N4O6. The van der Waals surface area contributed by atoms with Gasteiger partial charge in [0.1, 0.15) is 24.2 Å². The van der Waals surface area contributed by atoms with Gasteiger partial charge in [-0.3, -0.25) is 9.59 Å². The van der Waals surface area contributed by atoms with Crippen LogP contribution in [0.25, 0.3) is 0 Å². The van der Waals surface area contributed by atoms with Crippen molar-refractivity contribution in [3.63, 3.8) is 0 Å². The Bertz CT molecular complexity index is 1420. The maximum absolute atomic E-state index is 13.5. The second-order valence-electron chi connectivity index (χ2n) is 10.5. The number of ether oxygens (including phenoxy) is 3. The molecular weight excluding hydrogens is 536 g/mol. The van der Waals surface area contributed by atoms with E-state index >= 15 is 0 Å². The van der Waals surface area contributed by atoms with Gasteiger partial charge in [-0.15, -0.1) is 0 Å². The number of methoxy groups -OCH3 is 1. The Kier molecular flexibility index (Phi) is 9.23. The number of urea groups is 1. The zero-order valence-electron chi connectivity index (χ0n) is 23.8. The first-order chi connectivity index (χ1) is 20.4. The average molecular weight is 573 g/mol. The van der Waals surface area contributed by atoms with Gasteiger partial charge in [-0.2, -0.15) is 0 Å². The smallest absolute Gasteiger partial charge is 0.323 e. The Morgan fingerprint density at radius 1 is 0.976 bits per heavy atom. The van der Waals surface area contributed by atoms with Crippen LogP contribution < -0.4 is 25.4 Å². The van der Waals surface area contributed by atoms with Crippen molar-refractivity contribution in [3.8, 4) is 11.5 Å². The molecule has 0 unspecified atom stereocenters. The van der Waals surface area contributed by atoms with Gasteiger partial charge >= 0.3 is 6.03 Å². The van der Waals surface area contributed by atoms with E-state index in [9.17, 15) is 14.4 Å². The van der Waals surface area contributed by atoms with E-state index in [0.29, 0.717) is 47.8 Å². The van der Waals surface area contributed by atoms with Crippen LogP contribution in [-0.4, -0.2) is 68.3 Å². The lowest BCUT2D eigenvalue weighted by molar-refractivity contribution is -0.134. The molecule has 2 heterocycles. The monoisotopic (exact) mass is 572 g/mol. The van der Waals surface area contributed by atoms with Gasteiger partial charge in [-0.1, -0.05) is 36.4 Å². The summed E-state index contributed by atoms with van der Waals surface area (Å²) in [7, 11) is 3.31. The fourth-order valence-electron chi connectivity index (χ4n) is 5.37. The molecule has 3 N–H and O–H groups in total. The van der Waals surface area contributed by atoms with E-state index in [1.807, 2.05) is 30.3 Å². The molecule has 2 aliphatic heterocycles. The molecule has 0 aromatic heterocycles. The summed E-state index contributed by atoms with van der Waals surface area (Å²) in [6.07, 6.45) is 1.77. The lowest BCUT2D eigenvalue weighted by Crippen LogP contribution is -2.54. The lowest BCUT2D eigenvalue weighted by Gasteiger charge is -2.42. The van der Waals surface area contributed by atoms with E-state index in [2.05, 4.69) is 16.0 Å². The lowest BCUT2D eigenvalue weighted by atomic mass is 9.94. The van der Waals surface area contributed by atoms with Crippen molar-refractivity contribution in [1.82, 2.24) is 10.2 Å². The van der Waals surface area contributed by atoms with Crippen LogP contribution in [0.4, 0.5) is 16.2 Å². The van der Waals surface area contributed by atoms with Crippen LogP contribution >= 0.6 is 0 Å². The molecule has 42 heavy (non-hydrogen) atoms. The number of likely N-dealkylation sites (N-methyl/N-ethyl adjacent to an activating group) is 1. The SMILES string of the molecule is COc1cccc(NC(=O)Nc2ccc3c(c2)C(=O)N(C)[C@@H]2CC[C@@H](CC(=O)NCCc4ccccc4)O[C@H]2CO3)c1. The van der Waals surface area contributed by atoms with E-state index in [4.69, 9.17) is 14.2 Å². The third-order valence-electron chi connectivity index (χ3n) is 7.59. The van der Waals surface area contributed by atoms with Crippen molar-refractivity contribution in [2.75, 3.05) is 37.9 Å². The Morgan fingerprint density at radius 3 is 2.55 bits per heavy atom. The van der Waals surface area contributed by atoms with Crippen LogP contribution in [0.15, 0.2) is 72.8 Å². The Hall–Kier alpha value is -4.57. The van der Waals surface area contributed by atoms with E-state index in [1.165, 1.54) is 5.56 Å². The minimum absolute atomic E-state index is 0.0496. The number of nitrogens with zero attached hydrogens (tertiary/aromatic N) is 1. The number of nitrogens with one attached hydrogen (secondary N) is 3. The zero-order chi connectivity index (χ0) is 29.5. The first-order valence-electron chi connectivity index (χ1n) is 14.1. The minimum Gasteiger partial charge on any atom is -0.497 e. The number of benzene rings is 3. The predicted octanol–water partition coefficient (Wildman–Crippen LogP) is 4.47. The fraction of sp³-hybridized carbons (Fsp3) is 0.344. The number of fused-ring (bicyclic) bond motifs is 2. The summed E-state index contributed by atoms with van der Waals surface area (Å²) in [4.78, 5) is 40.4. The molecule has 0 radical (unpaired) electrons. The summed E-state index contributed by atoms with van der Waals surface area (Å²) in [6, 6.07) is 21.4. The van der Waals surface area contributed by atoms with Gasteiger partial charge in [0.2, 0.25) is 5.91 Å². The van der Waals surface area contributed by atoms with Gasteiger partial charge in [-0.05, 0) is 55.2 Å². The topological polar surface area (TPSA) is 118 Å². The second-order valence-corrected chi connectivity index (χ2v) is 10.5. The summed E-state index contributed by atoms with van der Waals surface area (Å²) in [5, 5.41) is 8.52. The van der Waals surface area contributed by atoms with Crippen LogP contribution in [0.2, 0.25) is 0 Å². The molecule has 3 aromatic carbocycles. The molecule has 3 aromatic rings. The van der Waals surface area contributed by atoms with Gasteiger partial charge in [0.15, 0.2) is 0 Å². The molecule has 0 aliphatic carbocycles. The van der Waals surface area contributed by atoms with Crippen molar-refractivity contribution >= 4 is 29.2 Å². The molecule has 0 saturated carbocycles. The highest BCUT2D eigenvalue weighted by Crippen LogP contribution is 2.32. The van der Waals surface area contributed by atoms with Crippen LogP contribution in [0.5, 0.6) is 11.5 Å². The number of anilines is 2. The quantitative estimate of drug-likeness (QED) is 0.367. The van der Waals surface area contributed by atoms with Crippen LogP contribution in [-0.2, 0) is 16.0 Å². The van der Waals surface area contributed by atoms with Crippen LogP contribution in [0, 0.1) is 0 Å². The highest BCUT2D eigenvalue weighted by Gasteiger charge is 2.39. The van der Waals surface area contributed by atoms with E-state index in [1.54, 1.807) is 61.5 Å². The molecule has 1 saturated heterocycles. The summed E-state index contributed by atoms with van der Waals surface area (Å²) in [5.74, 6) is 0.759. The minimum atomic E-state index is -0.452. The largest absolute Gasteiger partial charge is 0.497 e. The van der Waals surface area contributed by atoms with E-state index < -0.39 is 6.03 Å². The van der Waals surface area contributed by atoms with Crippen molar-refractivity contribution in [3.05, 3.63) is 83.9 Å². The molecule has 3 atom stereocenters. The first kappa shape index (κ1) is 28.9. The molecule has 0 bridgehead atoms. The molecule has 4 amide bonds. The zero-order valence-corrected chi connectivity index (χ0v) is 23.8. The normalized spacial score (nSPS) is 19.7. The summed E-state index contributed by atoms with van der Waals surface area (Å²) in [6.45, 7) is 0.808. The third-order valence-corrected chi connectivity index (χ3v) is 7.59. The average Bonchev–Trinajstić information content (AvgIpc) is 3.00. The summed E-state index contributed by atoms with van der Waals surface area (Å²) >= 11 is 0. The molecule has 1 fully saturated rings. The molecule has 2 aliphatic rings. The van der Waals surface area contributed by atoms with Gasteiger partial charge < -0.3 is 35.1 Å². The number of carbonyl (C=O) groups excluding carboxylic acids is 3. The van der Waals surface area contributed by atoms with Gasteiger partial charge in [0.25, 0.3) is 5.91 Å². The van der Waals surface area contributed by atoms with Crippen LogP contribution in [0.1, 0.15) is 35.2 Å². The number of hydrogen-bond acceptors (Lipinski definition) is 6. The maximum Gasteiger partial charge on any atom is 0.323 e.